The van der Waals surface area contributed by atoms with E-state index in [2.05, 4.69) is 64.5 Å². The molecule has 0 amide bonds. The van der Waals surface area contributed by atoms with Crippen LogP contribution in [0.2, 0.25) is 0 Å². The van der Waals surface area contributed by atoms with Crippen molar-refractivity contribution in [2.24, 2.45) is 0 Å². The Bertz CT molecular complexity index is 689. The minimum Gasteiger partial charge on any atom is -0.492 e. The summed E-state index contributed by atoms with van der Waals surface area (Å²) in [6.07, 6.45) is 2.27. The van der Waals surface area contributed by atoms with Gasteiger partial charge in [-0.15, -0.1) is 24.8 Å². The molecule has 0 radical (unpaired) electrons. The van der Waals surface area contributed by atoms with Crippen LogP contribution < -0.4 is 15.0 Å². The van der Waals surface area contributed by atoms with Crippen molar-refractivity contribution < 1.29 is 4.74 Å². The standard InChI is InChI=1S/C23H33N3O.2ClH/c1-3-20-10-12-21(13-11-20)24-14-7-15-25-16-18-26(19-17-25)22-8-5-6-9-23(22)27-4-2;;/h5-6,8-13,24H,3-4,7,14-19H2,1-2H3;2*1H. The molecule has 29 heavy (non-hydrogen) atoms. The molecule has 0 spiro atoms. The summed E-state index contributed by atoms with van der Waals surface area (Å²) in [6.45, 7) is 11.5. The zero-order chi connectivity index (χ0) is 18.9. The molecule has 4 nitrogen and oxygen atoms in total. The molecule has 1 saturated heterocycles. The van der Waals surface area contributed by atoms with Gasteiger partial charge in [-0.3, -0.25) is 4.90 Å². The zero-order valence-electron chi connectivity index (χ0n) is 17.6. The minimum absolute atomic E-state index is 0. The summed E-state index contributed by atoms with van der Waals surface area (Å²) in [5.41, 5.74) is 3.85. The van der Waals surface area contributed by atoms with Crippen molar-refractivity contribution in [3.8, 4) is 5.75 Å². The third-order valence-corrected chi connectivity index (χ3v) is 5.22. The van der Waals surface area contributed by atoms with Crippen molar-refractivity contribution in [1.82, 2.24) is 4.90 Å². The van der Waals surface area contributed by atoms with Gasteiger partial charge in [0.2, 0.25) is 0 Å². The van der Waals surface area contributed by atoms with Crippen molar-refractivity contribution in [2.45, 2.75) is 26.7 Å². The van der Waals surface area contributed by atoms with Gasteiger partial charge in [-0.1, -0.05) is 31.2 Å². The highest BCUT2D eigenvalue weighted by molar-refractivity contribution is 5.85. The maximum absolute atomic E-state index is 5.79. The molecular weight excluding hydrogens is 405 g/mol. The molecule has 0 bridgehead atoms. The molecule has 2 aromatic carbocycles. The van der Waals surface area contributed by atoms with E-state index in [1.807, 2.05) is 13.0 Å². The minimum atomic E-state index is 0. The third kappa shape index (κ3) is 7.61. The van der Waals surface area contributed by atoms with Gasteiger partial charge in [0.1, 0.15) is 5.75 Å². The number of hydrogen-bond acceptors (Lipinski definition) is 4. The van der Waals surface area contributed by atoms with Crippen LogP contribution in [0.3, 0.4) is 0 Å². The van der Waals surface area contributed by atoms with E-state index in [9.17, 15) is 0 Å². The molecule has 2 aromatic rings. The number of anilines is 2. The average molecular weight is 440 g/mol. The highest BCUT2D eigenvalue weighted by Crippen LogP contribution is 2.28. The molecule has 0 unspecified atom stereocenters. The average Bonchev–Trinajstić information content (AvgIpc) is 2.73. The van der Waals surface area contributed by atoms with E-state index in [1.54, 1.807) is 0 Å². The van der Waals surface area contributed by atoms with Gasteiger partial charge < -0.3 is 15.0 Å². The van der Waals surface area contributed by atoms with Crippen molar-refractivity contribution in [3.05, 3.63) is 54.1 Å². The molecule has 162 valence electrons. The summed E-state index contributed by atoms with van der Waals surface area (Å²) in [5, 5.41) is 3.54. The van der Waals surface area contributed by atoms with Crippen LogP contribution >= 0.6 is 24.8 Å². The maximum atomic E-state index is 5.79. The fourth-order valence-electron chi connectivity index (χ4n) is 3.60. The van der Waals surface area contributed by atoms with Crippen molar-refractivity contribution >= 4 is 36.2 Å². The third-order valence-electron chi connectivity index (χ3n) is 5.22. The first-order valence-electron chi connectivity index (χ1n) is 10.3. The summed E-state index contributed by atoms with van der Waals surface area (Å²) in [6, 6.07) is 17.2. The molecule has 6 heteroatoms. The Morgan fingerprint density at radius 2 is 1.59 bits per heavy atom. The molecule has 1 aliphatic heterocycles. The van der Waals surface area contributed by atoms with Crippen LogP contribution in [0, 0.1) is 0 Å². The van der Waals surface area contributed by atoms with E-state index >= 15 is 0 Å². The van der Waals surface area contributed by atoms with Crippen molar-refractivity contribution in [3.63, 3.8) is 0 Å². The van der Waals surface area contributed by atoms with E-state index in [0.29, 0.717) is 6.61 Å². The van der Waals surface area contributed by atoms with Gasteiger partial charge in [-0.05, 0) is 56.1 Å². The van der Waals surface area contributed by atoms with Gasteiger partial charge >= 0.3 is 0 Å². The number of rotatable bonds is 9. The number of benzene rings is 2. The number of para-hydroxylation sites is 2. The summed E-state index contributed by atoms with van der Waals surface area (Å²) in [4.78, 5) is 5.02. The van der Waals surface area contributed by atoms with E-state index in [0.717, 1.165) is 51.4 Å². The highest BCUT2D eigenvalue weighted by atomic mass is 35.5. The lowest BCUT2D eigenvalue weighted by atomic mass is 10.1. The molecule has 1 aliphatic rings. The van der Waals surface area contributed by atoms with Crippen LogP contribution in [-0.2, 0) is 6.42 Å². The lowest BCUT2D eigenvalue weighted by Gasteiger charge is -2.36. The van der Waals surface area contributed by atoms with Crippen LogP contribution in [0.4, 0.5) is 11.4 Å². The van der Waals surface area contributed by atoms with Crippen LogP contribution in [0.1, 0.15) is 25.8 Å². The Morgan fingerprint density at radius 3 is 2.24 bits per heavy atom. The molecule has 0 atom stereocenters. The summed E-state index contributed by atoms with van der Waals surface area (Å²) in [5.74, 6) is 1.01. The topological polar surface area (TPSA) is 27.7 Å². The predicted molar refractivity (Wildman–Crippen MR) is 130 cm³/mol. The number of nitrogens with zero attached hydrogens (tertiary/aromatic N) is 2. The first-order chi connectivity index (χ1) is 13.3. The lowest BCUT2D eigenvalue weighted by Crippen LogP contribution is -2.47. The van der Waals surface area contributed by atoms with Crippen LogP contribution in [0.5, 0.6) is 5.75 Å². The van der Waals surface area contributed by atoms with Crippen molar-refractivity contribution in [1.29, 1.82) is 0 Å². The van der Waals surface area contributed by atoms with Crippen LogP contribution in [0.25, 0.3) is 0 Å². The van der Waals surface area contributed by atoms with E-state index in [-0.39, 0.29) is 24.8 Å². The van der Waals surface area contributed by atoms with Gasteiger partial charge in [0.05, 0.1) is 12.3 Å². The SMILES string of the molecule is CCOc1ccccc1N1CCN(CCCNc2ccc(CC)cc2)CC1.Cl.Cl. The van der Waals surface area contributed by atoms with Gasteiger partial charge in [-0.25, -0.2) is 0 Å². The molecule has 1 N–H and O–H groups in total. The zero-order valence-corrected chi connectivity index (χ0v) is 19.2. The Labute approximate surface area is 188 Å². The second-order valence-electron chi connectivity index (χ2n) is 7.06. The molecule has 0 aliphatic carbocycles. The second kappa shape index (κ2) is 13.6. The molecule has 0 saturated carbocycles. The quantitative estimate of drug-likeness (QED) is 0.548. The molecule has 3 rings (SSSR count). The monoisotopic (exact) mass is 439 g/mol. The largest absolute Gasteiger partial charge is 0.492 e. The molecule has 0 aromatic heterocycles. The first kappa shape index (κ1) is 25.4. The summed E-state index contributed by atoms with van der Waals surface area (Å²) in [7, 11) is 0. The molecule has 1 heterocycles. The number of aryl methyl sites for hydroxylation is 1. The summed E-state index contributed by atoms with van der Waals surface area (Å²) >= 11 is 0. The first-order valence-corrected chi connectivity index (χ1v) is 10.3. The van der Waals surface area contributed by atoms with Gasteiger partial charge in [0.25, 0.3) is 0 Å². The van der Waals surface area contributed by atoms with Gasteiger partial charge in [-0.2, -0.15) is 0 Å². The Balaban J connectivity index is 0.00000210. The Morgan fingerprint density at radius 1 is 0.897 bits per heavy atom. The number of ether oxygens (including phenoxy) is 1. The van der Waals surface area contributed by atoms with Gasteiger partial charge in [0.15, 0.2) is 0 Å². The smallest absolute Gasteiger partial charge is 0.142 e. The lowest BCUT2D eigenvalue weighted by molar-refractivity contribution is 0.256. The fourth-order valence-corrected chi connectivity index (χ4v) is 3.60. The highest BCUT2D eigenvalue weighted by Gasteiger charge is 2.19. The second-order valence-corrected chi connectivity index (χ2v) is 7.06. The molecule has 1 fully saturated rings. The number of hydrogen-bond donors (Lipinski definition) is 1. The molecular formula is C23H35Cl2N3O. The predicted octanol–water partition coefficient (Wildman–Crippen LogP) is 5.12. The van der Waals surface area contributed by atoms with Crippen molar-refractivity contribution in [2.75, 3.05) is 56.1 Å². The Kier molecular flexibility index (Phi) is 11.9. The van der Waals surface area contributed by atoms with E-state index in [4.69, 9.17) is 4.74 Å². The van der Waals surface area contributed by atoms with E-state index < -0.39 is 0 Å². The van der Waals surface area contributed by atoms with Crippen LogP contribution in [-0.4, -0.2) is 50.8 Å². The van der Waals surface area contributed by atoms with Gasteiger partial charge in [0, 0.05) is 38.4 Å². The number of piperazine rings is 1. The number of nitrogens with one attached hydrogen (secondary N) is 1. The van der Waals surface area contributed by atoms with Crippen LogP contribution in [0.15, 0.2) is 48.5 Å². The number of halogens is 2. The Hall–Kier alpha value is -1.62. The fraction of sp³-hybridized carbons (Fsp3) is 0.478. The maximum Gasteiger partial charge on any atom is 0.142 e. The normalized spacial score (nSPS) is 13.9. The summed E-state index contributed by atoms with van der Waals surface area (Å²) < 4.78 is 5.79. The van der Waals surface area contributed by atoms with E-state index in [1.165, 1.54) is 23.4 Å².